The predicted octanol–water partition coefficient (Wildman–Crippen LogP) is 3.72. The van der Waals surface area contributed by atoms with E-state index in [9.17, 15) is 22.8 Å². The number of hydrogen-bond acceptors (Lipinski definition) is 3. The smallest absolute Gasteiger partial charge is 0.331 e. The fraction of sp³-hybridized carbons (Fsp3) is 0.211. The largest absolute Gasteiger partial charge is 0.471 e. The number of amides is 2. The first-order valence-corrected chi connectivity index (χ1v) is 8.01. The molecule has 5 nitrogen and oxygen atoms in total. The zero-order valence-electron chi connectivity index (χ0n) is 14.4. The lowest BCUT2D eigenvalue weighted by Gasteiger charge is -2.22. The number of nitriles is 1. The Morgan fingerprint density at radius 3 is 2.48 bits per heavy atom. The first kappa shape index (κ1) is 20.0. The molecule has 0 heterocycles. The zero-order chi connectivity index (χ0) is 20.0. The third kappa shape index (κ3) is 5.31. The Hall–Kier alpha value is -3.34. The van der Waals surface area contributed by atoms with Crippen molar-refractivity contribution in [3.63, 3.8) is 0 Å². The highest BCUT2D eigenvalue weighted by Crippen LogP contribution is 2.21. The van der Waals surface area contributed by atoms with Crippen molar-refractivity contribution >= 4 is 17.5 Å². The van der Waals surface area contributed by atoms with Crippen molar-refractivity contribution in [2.45, 2.75) is 19.6 Å². The summed E-state index contributed by atoms with van der Waals surface area (Å²) in [7, 11) is 0. The van der Waals surface area contributed by atoms with Crippen molar-refractivity contribution in [2.24, 2.45) is 0 Å². The lowest BCUT2D eigenvalue weighted by atomic mass is 10.1. The number of carbonyl (C=O) groups is 2. The topological polar surface area (TPSA) is 73.2 Å². The Balaban J connectivity index is 2.14. The first-order valence-electron chi connectivity index (χ1n) is 8.01. The van der Waals surface area contributed by atoms with Crippen LogP contribution in [0.15, 0.2) is 48.5 Å². The second kappa shape index (κ2) is 8.36. The van der Waals surface area contributed by atoms with Gasteiger partial charge in [-0.2, -0.15) is 18.4 Å². The Morgan fingerprint density at radius 2 is 1.85 bits per heavy atom. The Morgan fingerprint density at radius 1 is 1.15 bits per heavy atom. The Labute approximate surface area is 154 Å². The van der Waals surface area contributed by atoms with Gasteiger partial charge >= 0.3 is 12.1 Å². The van der Waals surface area contributed by atoms with Crippen LogP contribution in [0.4, 0.5) is 18.9 Å². The third-order valence-corrected chi connectivity index (χ3v) is 3.72. The van der Waals surface area contributed by atoms with Gasteiger partial charge < -0.3 is 10.2 Å². The van der Waals surface area contributed by atoms with Crippen LogP contribution in [0.1, 0.15) is 28.4 Å². The molecule has 0 saturated heterocycles. The number of benzene rings is 2. The van der Waals surface area contributed by atoms with Crippen LogP contribution >= 0.6 is 0 Å². The number of hydrogen-bond donors (Lipinski definition) is 1. The van der Waals surface area contributed by atoms with Gasteiger partial charge in [0.25, 0.3) is 5.91 Å². The highest BCUT2D eigenvalue weighted by molar-refractivity contribution is 6.04. The van der Waals surface area contributed by atoms with Gasteiger partial charge in [-0.3, -0.25) is 9.59 Å². The van der Waals surface area contributed by atoms with E-state index >= 15 is 0 Å². The summed E-state index contributed by atoms with van der Waals surface area (Å²) in [6.45, 7) is 1.12. The molecular formula is C19H16F3N3O2. The molecule has 27 heavy (non-hydrogen) atoms. The zero-order valence-corrected chi connectivity index (χ0v) is 14.4. The number of carbonyl (C=O) groups excluding carboxylic acids is 2. The average molecular weight is 375 g/mol. The van der Waals surface area contributed by atoms with Crippen molar-refractivity contribution in [1.29, 1.82) is 5.26 Å². The molecule has 0 unspecified atom stereocenters. The molecule has 2 aromatic rings. The Bertz CT molecular complexity index is 888. The van der Waals surface area contributed by atoms with E-state index in [-0.39, 0.29) is 18.7 Å². The lowest BCUT2D eigenvalue weighted by Crippen LogP contribution is -2.40. The van der Waals surface area contributed by atoms with Crippen molar-refractivity contribution in [1.82, 2.24) is 4.90 Å². The van der Waals surface area contributed by atoms with Crippen molar-refractivity contribution in [3.05, 3.63) is 65.2 Å². The summed E-state index contributed by atoms with van der Waals surface area (Å²) < 4.78 is 37.9. The molecule has 2 amide bonds. The Kier molecular flexibility index (Phi) is 6.19. The maximum absolute atomic E-state index is 12.6. The van der Waals surface area contributed by atoms with E-state index in [1.807, 2.05) is 6.07 Å². The molecule has 0 radical (unpaired) electrons. The van der Waals surface area contributed by atoms with Gasteiger partial charge in [0, 0.05) is 24.3 Å². The van der Waals surface area contributed by atoms with Gasteiger partial charge in [-0.05, 0) is 42.8 Å². The van der Waals surface area contributed by atoms with E-state index in [1.54, 1.807) is 36.4 Å². The monoisotopic (exact) mass is 375 g/mol. The van der Waals surface area contributed by atoms with Crippen LogP contribution in [-0.4, -0.2) is 29.4 Å². The summed E-state index contributed by atoms with van der Waals surface area (Å²) >= 11 is 0. The minimum atomic E-state index is -4.94. The molecule has 1 N–H and O–H groups in total. The molecular weight excluding hydrogens is 359 g/mol. The minimum absolute atomic E-state index is 0.101. The van der Waals surface area contributed by atoms with Crippen LogP contribution in [0.25, 0.3) is 0 Å². The van der Waals surface area contributed by atoms with E-state index in [0.29, 0.717) is 21.7 Å². The number of anilines is 1. The molecule has 0 aliphatic heterocycles. The molecule has 0 aromatic heterocycles. The number of rotatable bonds is 5. The van der Waals surface area contributed by atoms with Gasteiger partial charge in [0.15, 0.2) is 0 Å². The molecule has 2 aromatic carbocycles. The maximum Gasteiger partial charge on any atom is 0.471 e. The number of nitrogens with zero attached hydrogens (tertiary/aromatic N) is 2. The van der Waals surface area contributed by atoms with Gasteiger partial charge in [-0.15, -0.1) is 0 Å². The second-order valence-electron chi connectivity index (χ2n) is 5.66. The lowest BCUT2D eigenvalue weighted by molar-refractivity contribution is -0.185. The fourth-order valence-electron chi connectivity index (χ4n) is 2.41. The SMILES string of the molecule is CCN(Cc1cccc(NC(=O)c2cccc(C#N)c2)c1)C(=O)C(F)(F)F. The molecule has 0 atom stereocenters. The van der Waals surface area contributed by atoms with E-state index in [0.717, 1.165) is 0 Å². The molecule has 0 bridgehead atoms. The summed E-state index contributed by atoms with van der Waals surface area (Å²) in [4.78, 5) is 24.4. The molecule has 2 rings (SSSR count). The average Bonchev–Trinajstić information content (AvgIpc) is 2.65. The van der Waals surface area contributed by atoms with Gasteiger partial charge in [0.2, 0.25) is 0 Å². The summed E-state index contributed by atoms with van der Waals surface area (Å²) in [5, 5.41) is 11.5. The van der Waals surface area contributed by atoms with Gasteiger partial charge in [0.05, 0.1) is 11.6 Å². The van der Waals surface area contributed by atoms with Crippen molar-refractivity contribution < 1.29 is 22.8 Å². The summed E-state index contributed by atoms with van der Waals surface area (Å²) in [6, 6.07) is 14.3. The molecule has 8 heteroatoms. The summed E-state index contributed by atoms with van der Waals surface area (Å²) in [5.74, 6) is -2.37. The van der Waals surface area contributed by atoms with Crippen molar-refractivity contribution in [2.75, 3.05) is 11.9 Å². The number of alkyl halides is 3. The van der Waals surface area contributed by atoms with E-state index < -0.39 is 18.0 Å². The van der Waals surface area contributed by atoms with Gasteiger partial charge in [-0.1, -0.05) is 18.2 Å². The van der Waals surface area contributed by atoms with Gasteiger partial charge in [-0.25, -0.2) is 0 Å². The standard InChI is InChI=1S/C19H16F3N3O2/c1-2-25(18(27)19(20,21)22)12-14-6-4-8-16(10-14)24-17(26)15-7-3-5-13(9-15)11-23/h3-10H,2,12H2,1H3,(H,24,26). The quantitative estimate of drug-likeness (QED) is 0.866. The van der Waals surface area contributed by atoms with E-state index in [4.69, 9.17) is 5.26 Å². The molecule has 140 valence electrons. The molecule has 0 fully saturated rings. The van der Waals surface area contributed by atoms with Crippen LogP contribution in [0.3, 0.4) is 0 Å². The summed E-state index contributed by atoms with van der Waals surface area (Å²) in [5.41, 5.74) is 1.43. The third-order valence-electron chi connectivity index (χ3n) is 3.72. The number of halogens is 3. The molecule has 0 aliphatic carbocycles. The van der Waals surface area contributed by atoms with E-state index in [2.05, 4.69) is 5.32 Å². The highest BCUT2D eigenvalue weighted by Gasteiger charge is 2.41. The maximum atomic E-state index is 12.6. The molecule has 0 spiro atoms. The summed E-state index contributed by atoms with van der Waals surface area (Å²) in [6.07, 6.45) is -4.94. The van der Waals surface area contributed by atoms with E-state index in [1.165, 1.54) is 19.1 Å². The van der Waals surface area contributed by atoms with Crippen molar-refractivity contribution in [3.8, 4) is 6.07 Å². The van der Waals surface area contributed by atoms with Crippen LogP contribution in [0.2, 0.25) is 0 Å². The minimum Gasteiger partial charge on any atom is -0.331 e. The normalized spacial score (nSPS) is 10.8. The first-order chi connectivity index (χ1) is 12.7. The highest BCUT2D eigenvalue weighted by atomic mass is 19.4. The van der Waals surface area contributed by atoms with Crippen LogP contribution in [0, 0.1) is 11.3 Å². The van der Waals surface area contributed by atoms with Crippen LogP contribution in [-0.2, 0) is 11.3 Å². The van der Waals surface area contributed by atoms with Crippen LogP contribution in [0.5, 0.6) is 0 Å². The molecule has 0 saturated carbocycles. The van der Waals surface area contributed by atoms with Gasteiger partial charge in [0.1, 0.15) is 0 Å². The second-order valence-corrected chi connectivity index (χ2v) is 5.66. The predicted molar refractivity (Wildman–Crippen MR) is 92.7 cm³/mol. The fourth-order valence-corrected chi connectivity index (χ4v) is 2.41. The van der Waals surface area contributed by atoms with Crippen LogP contribution < -0.4 is 5.32 Å². The molecule has 0 aliphatic rings. The number of nitrogens with one attached hydrogen (secondary N) is 1.